The predicted octanol–water partition coefficient (Wildman–Crippen LogP) is 3.24. The summed E-state index contributed by atoms with van der Waals surface area (Å²) in [6, 6.07) is 10.8. The zero-order valence-corrected chi connectivity index (χ0v) is 14.9. The van der Waals surface area contributed by atoms with Gasteiger partial charge < -0.3 is 4.90 Å². The van der Waals surface area contributed by atoms with Crippen molar-refractivity contribution in [3.05, 3.63) is 65.7 Å². The van der Waals surface area contributed by atoms with Crippen LogP contribution in [0.2, 0.25) is 0 Å². The molecule has 2 fully saturated rings. The van der Waals surface area contributed by atoms with Crippen LogP contribution >= 0.6 is 0 Å². The number of likely N-dealkylation sites (tertiary alicyclic amines) is 2. The van der Waals surface area contributed by atoms with Crippen molar-refractivity contribution in [2.24, 2.45) is 5.41 Å². The maximum Gasteiger partial charge on any atom is 0.230 e. The summed E-state index contributed by atoms with van der Waals surface area (Å²) >= 11 is 0. The van der Waals surface area contributed by atoms with E-state index in [9.17, 15) is 9.18 Å². The molecule has 2 saturated heterocycles. The molecular weight excluding hydrogens is 329 g/mol. The molecule has 2 aliphatic heterocycles. The molecule has 1 aromatic carbocycles. The summed E-state index contributed by atoms with van der Waals surface area (Å²) in [7, 11) is 0. The van der Waals surface area contributed by atoms with Crippen LogP contribution in [0.15, 0.2) is 48.8 Å². The van der Waals surface area contributed by atoms with Crippen LogP contribution in [0.25, 0.3) is 0 Å². The van der Waals surface area contributed by atoms with E-state index in [0.717, 1.165) is 44.5 Å². The van der Waals surface area contributed by atoms with Gasteiger partial charge in [0.15, 0.2) is 0 Å². The van der Waals surface area contributed by atoms with Gasteiger partial charge in [0.1, 0.15) is 5.82 Å². The van der Waals surface area contributed by atoms with Crippen molar-refractivity contribution in [1.29, 1.82) is 0 Å². The molecule has 1 amide bonds. The lowest BCUT2D eigenvalue weighted by atomic mass is 9.78. The molecule has 5 heteroatoms. The van der Waals surface area contributed by atoms with E-state index in [2.05, 4.69) is 9.88 Å². The maximum absolute atomic E-state index is 14.0. The summed E-state index contributed by atoms with van der Waals surface area (Å²) in [4.78, 5) is 21.6. The Morgan fingerprint density at radius 1 is 1.08 bits per heavy atom. The molecular formula is C21H24FN3O. The number of carbonyl (C=O) groups excluding carboxylic acids is 1. The summed E-state index contributed by atoms with van der Waals surface area (Å²) in [5, 5.41) is 0. The number of carbonyl (C=O) groups is 1. The molecule has 4 nitrogen and oxygen atoms in total. The number of rotatable bonds is 4. The molecule has 2 aliphatic rings. The quantitative estimate of drug-likeness (QED) is 0.847. The van der Waals surface area contributed by atoms with Crippen molar-refractivity contribution in [2.45, 2.75) is 32.4 Å². The van der Waals surface area contributed by atoms with Crippen molar-refractivity contribution in [2.75, 3.05) is 19.6 Å². The lowest BCUT2D eigenvalue weighted by molar-refractivity contribution is -0.146. The number of piperidine rings is 1. The highest BCUT2D eigenvalue weighted by atomic mass is 19.1. The van der Waals surface area contributed by atoms with Gasteiger partial charge in [0, 0.05) is 44.1 Å². The number of pyridine rings is 1. The van der Waals surface area contributed by atoms with Crippen LogP contribution in [-0.2, 0) is 17.9 Å². The zero-order chi connectivity index (χ0) is 18.0. The molecule has 1 atom stereocenters. The Labute approximate surface area is 153 Å². The van der Waals surface area contributed by atoms with Crippen molar-refractivity contribution in [1.82, 2.24) is 14.8 Å². The number of nitrogens with zero attached hydrogens (tertiary/aromatic N) is 3. The van der Waals surface area contributed by atoms with E-state index in [1.165, 1.54) is 6.07 Å². The fraction of sp³-hybridized carbons (Fsp3) is 0.429. The largest absolute Gasteiger partial charge is 0.338 e. The first-order valence-corrected chi connectivity index (χ1v) is 9.30. The van der Waals surface area contributed by atoms with Gasteiger partial charge in [-0.2, -0.15) is 0 Å². The standard InChI is InChI=1S/C21H24FN3O/c22-19-7-2-1-6-18(19)15-24-12-9-21(16-24)8-4-11-25(20(21)26)14-17-5-3-10-23-13-17/h1-3,5-7,10,13H,4,8-9,11-12,14-16H2/t21-/m0/s1. The first kappa shape index (κ1) is 17.2. The molecule has 136 valence electrons. The van der Waals surface area contributed by atoms with E-state index in [0.29, 0.717) is 18.7 Å². The van der Waals surface area contributed by atoms with Crippen LogP contribution in [0.4, 0.5) is 4.39 Å². The van der Waals surface area contributed by atoms with E-state index in [1.807, 2.05) is 35.4 Å². The zero-order valence-electron chi connectivity index (χ0n) is 14.9. The molecule has 26 heavy (non-hydrogen) atoms. The minimum atomic E-state index is -0.300. The van der Waals surface area contributed by atoms with Crippen LogP contribution in [-0.4, -0.2) is 40.3 Å². The summed E-state index contributed by atoms with van der Waals surface area (Å²) in [5.41, 5.74) is 1.48. The van der Waals surface area contributed by atoms with E-state index in [4.69, 9.17) is 0 Å². The molecule has 0 N–H and O–H groups in total. The Morgan fingerprint density at radius 3 is 2.77 bits per heavy atom. The van der Waals surface area contributed by atoms with Crippen molar-refractivity contribution >= 4 is 5.91 Å². The SMILES string of the molecule is O=C1N(Cc2cccnc2)CCC[C@@]12CCN(Cc1ccccc1F)C2. The van der Waals surface area contributed by atoms with Crippen LogP contribution in [0, 0.1) is 11.2 Å². The summed E-state index contributed by atoms with van der Waals surface area (Å²) in [6.45, 7) is 3.58. The normalized spacial score (nSPS) is 23.7. The number of aromatic nitrogens is 1. The second-order valence-electron chi connectivity index (χ2n) is 7.52. The molecule has 0 unspecified atom stereocenters. The molecule has 0 aliphatic carbocycles. The molecule has 1 spiro atoms. The third-order valence-corrected chi connectivity index (χ3v) is 5.71. The van der Waals surface area contributed by atoms with Gasteiger partial charge in [-0.05, 0) is 43.5 Å². The molecule has 0 saturated carbocycles. The van der Waals surface area contributed by atoms with Crippen molar-refractivity contribution in [3.8, 4) is 0 Å². The van der Waals surface area contributed by atoms with E-state index >= 15 is 0 Å². The van der Waals surface area contributed by atoms with Gasteiger partial charge >= 0.3 is 0 Å². The Bertz CT molecular complexity index is 782. The van der Waals surface area contributed by atoms with Crippen LogP contribution in [0.1, 0.15) is 30.4 Å². The highest BCUT2D eigenvalue weighted by Gasteiger charge is 2.48. The summed E-state index contributed by atoms with van der Waals surface area (Å²) < 4.78 is 14.0. The average Bonchev–Trinajstić information content (AvgIpc) is 3.06. The van der Waals surface area contributed by atoms with Crippen molar-refractivity contribution < 1.29 is 9.18 Å². The third kappa shape index (κ3) is 3.36. The van der Waals surface area contributed by atoms with Gasteiger partial charge in [0.05, 0.1) is 5.41 Å². The number of amides is 1. The molecule has 0 bridgehead atoms. The Balaban J connectivity index is 1.45. The predicted molar refractivity (Wildman–Crippen MR) is 97.6 cm³/mol. The summed E-state index contributed by atoms with van der Waals surface area (Å²) in [6.07, 6.45) is 6.40. The monoisotopic (exact) mass is 353 g/mol. The molecule has 0 radical (unpaired) electrons. The van der Waals surface area contributed by atoms with E-state index < -0.39 is 0 Å². The van der Waals surface area contributed by atoms with Crippen LogP contribution in [0.5, 0.6) is 0 Å². The average molecular weight is 353 g/mol. The Hall–Kier alpha value is -2.27. The molecule has 2 aromatic rings. The van der Waals surface area contributed by atoms with Gasteiger partial charge in [0.2, 0.25) is 5.91 Å². The number of hydrogen-bond acceptors (Lipinski definition) is 3. The first-order chi connectivity index (χ1) is 12.7. The summed E-state index contributed by atoms with van der Waals surface area (Å²) in [5.74, 6) is 0.0882. The molecule has 1 aromatic heterocycles. The second-order valence-corrected chi connectivity index (χ2v) is 7.52. The van der Waals surface area contributed by atoms with E-state index in [1.54, 1.807) is 12.3 Å². The Kier molecular flexibility index (Phi) is 4.72. The van der Waals surface area contributed by atoms with Crippen LogP contribution in [0.3, 0.4) is 0 Å². The first-order valence-electron chi connectivity index (χ1n) is 9.30. The topological polar surface area (TPSA) is 36.4 Å². The van der Waals surface area contributed by atoms with Gasteiger partial charge in [-0.3, -0.25) is 14.7 Å². The second kappa shape index (κ2) is 7.16. The van der Waals surface area contributed by atoms with Gasteiger partial charge in [-0.1, -0.05) is 24.3 Å². The van der Waals surface area contributed by atoms with Gasteiger partial charge in [-0.15, -0.1) is 0 Å². The maximum atomic E-state index is 14.0. The highest BCUT2D eigenvalue weighted by molar-refractivity contribution is 5.84. The minimum Gasteiger partial charge on any atom is -0.338 e. The molecule has 3 heterocycles. The lowest BCUT2D eigenvalue weighted by Gasteiger charge is -2.39. The highest BCUT2D eigenvalue weighted by Crippen LogP contribution is 2.41. The lowest BCUT2D eigenvalue weighted by Crippen LogP contribution is -2.49. The fourth-order valence-electron chi connectivity index (χ4n) is 4.35. The fourth-order valence-corrected chi connectivity index (χ4v) is 4.35. The smallest absolute Gasteiger partial charge is 0.230 e. The third-order valence-electron chi connectivity index (χ3n) is 5.71. The number of halogens is 1. The van der Waals surface area contributed by atoms with Crippen molar-refractivity contribution in [3.63, 3.8) is 0 Å². The number of hydrogen-bond donors (Lipinski definition) is 0. The molecule has 4 rings (SSSR count). The Morgan fingerprint density at radius 2 is 1.96 bits per heavy atom. The van der Waals surface area contributed by atoms with Gasteiger partial charge in [0.25, 0.3) is 0 Å². The van der Waals surface area contributed by atoms with Gasteiger partial charge in [-0.25, -0.2) is 4.39 Å². The van der Waals surface area contributed by atoms with Crippen LogP contribution < -0.4 is 0 Å². The van der Waals surface area contributed by atoms with E-state index in [-0.39, 0.29) is 17.1 Å². The number of benzene rings is 1. The minimum absolute atomic E-state index is 0.165.